The number of ether oxygens (including phenoxy) is 4. The lowest BCUT2D eigenvalue weighted by atomic mass is 9.82. The van der Waals surface area contributed by atoms with Crippen molar-refractivity contribution >= 4 is 17.8 Å². The van der Waals surface area contributed by atoms with Crippen LogP contribution in [-0.2, 0) is 33.3 Å². The van der Waals surface area contributed by atoms with Gasteiger partial charge in [0.2, 0.25) is 5.91 Å². The first kappa shape index (κ1) is 60.2. The van der Waals surface area contributed by atoms with E-state index in [9.17, 15) is 74.2 Å². The van der Waals surface area contributed by atoms with Crippen molar-refractivity contribution in [1.82, 2.24) is 5.32 Å². The Balaban J connectivity index is 1.93. The van der Waals surface area contributed by atoms with Crippen molar-refractivity contribution in [2.45, 2.75) is 169 Å². The number of hydrogen-bond acceptors (Lipinski definition) is 18. The van der Waals surface area contributed by atoms with Crippen LogP contribution in [-0.4, -0.2) is 179 Å². The highest BCUT2D eigenvalue weighted by molar-refractivity contribution is 5.84. The number of primary amides is 1. The Morgan fingerprint density at radius 3 is 1.93 bits per heavy atom. The van der Waals surface area contributed by atoms with E-state index in [4.69, 9.17) is 30.4 Å². The molecule has 396 valence electrons. The number of amides is 2. The van der Waals surface area contributed by atoms with Gasteiger partial charge in [0.1, 0.15) is 12.2 Å². The van der Waals surface area contributed by atoms with Crippen molar-refractivity contribution in [3.63, 3.8) is 0 Å². The maximum Gasteiger partial charge on any atom is 0.341 e. The van der Waals surface area contributed by atoms with Gasteiger partial charge >= 0.3 is 11.9 Å². The molecule has 15 N–H and O–H groups in total. The van der Waals surface area contributed by atoms with E-state index < -0.39 is 160 Å². The number of aliphatic hydroxyl groups excluding tert-OH is 9. The summed E-state index contributed by atoms with van der Waals surface area (Å²) in [6.45, 7) is 1.50. The number of halogens is 2. The van der Waals surface area contributed by atoms with Gasteiger partial charge in [-0.3, -0.25) is 14.4 Å². The van der Waals surface area contributed by atoms with Crippen LogP contribution in [0.15, 0.2) is 85.1 Å². The molecule has 3 aliphatic rings. The molecule has 70 heavy (non-hydrogen) atoms. The van der Waals surface area contributed by atoms with E-state index in [-0.39, 0.29) is 38.2 Å². The number of nitrogens with two attached hydrogens (primary N) is 2. The third kappa shape index (κ3) is 20.9. The van der Waals surface area contributed by atoms with Crippen molar-refractivity contribution in [1.29, 1.82) is 0 Å². The molecule has 0 aliphatic carbocycles. The number of alkyl halides is 2. The molecule has 0 saturated carbocycles. The van der Waals surface area contributed by atoms with Gasteiger partial charge in [0.25, 0.3) is 5.91 Å². The Morgan fingerprint density at radius 2 is 1.33 bits per heavy atom. The first-order valence-corrected chi connectivity index (χ1v) is 23.3. The summed E-state index contributed by atoms with van der Waals surface area (Å²) in [7, 11) is 0. The molecular weight excluding hydrogens is 929 g/mol. The minimum atomic E-state index is -4.19. The molecule has 20 nitrogen and oxygen atoms in total. The minimum Gasteiger partial charge on any atom is -0.462 e. The van der Waals surface area contributed by atoms with Crippen molar-refractivity contribution in [2.24, 2.45) is 23.3 Å². The van der Waals surface area contributed by atoms with Gasteiger partial charge < -0.3 is 86.8 Å². The lowest BCUT2D eigenvalue weighted by Crippen LogP contribution is -2.60. The maximum absolute atomic E-state index is 14.2. The number of esters is 1. The van der Waals surface area contributed by atoms with Crippen molar-refractivity contribution in [2.75, 3.05) is 13.2 Å². The zero-order chi connectivity index (χ0) is 52.2. The minimum absolute atomic E-state index is 0.122. The summed E-state index contributed by atoms with van der Waals surface area (Å²) in [5.74, 6) is -12.8. The molecule has 3 rings (SSSR count). The SMILES string of the molecule is C[C@H]1C[C@H](O)[C@@H](C)/C=C/C=C/C=C/C=C/C=C/C=C/C=C/C(O[C@@H]2OC[C@@H](O)[C@H](N)[C@@H]2O)C[C@@H]2OC(O)(CC(O)CC(O)C(O)CCC(O)CC(O)CC(=O)O1)C[C@H](O)[C@H]2C(=O)NCC(F)(F)C(N)=O. The molecule has 2 amide bonds. The molecular formula is C48H73F2N3O17. The standard InChI is InChI=1S/C48H73F2N3O17/c1-28-15-13-11-9-7-5-3-4-6-8-10-12-14-16-33(69-45-43(63)42(51)38(61)26-67-45)23-39-41(44(64)53-27-48(49,50)46(52)65)37(60)25-47(66,70-39)24-32(56)21-36(59)34(57)18-17-30(54)20-31(55)22-40(62)68-29(2)19-35(28)58/h3-16,28-39,41-43,45,54-61,63,66H,17-27,51H2,1-2H3,(H2,52,65)(H,53,64)/b4-3+,7-5+,8-6+,11-9+,12-10+,15-13+,16-14+/t28-,29-,30?,31?,32?,33?,34?,35-,36?,37-,38+,39-,41+,42-,43-,45-,47?/m0/s1. The fourth-order valence-corrected chi connectivity index (χ4v) is 7.91. The van der Waals surface area contributed by atoms with E-state index in [2.05, 4.69) is 0 Å². The van der Waals surface area contributed by atoms with E-state index >= 15 is 0 Å². The quantitative estimate of drug-likeness (QED) is 0.145. The lowest BCUT2D eigenvalue weighted by Gasteiger charge is -2.45. The van der Waals surface area contributed by atoms with Crippen molar-refractivity contribution in [3.8, 4) is 0 Å². The van der Waals surface area contributed by atoms with Crippen molar-refractivity contribution in [3.05, 3.63) is 85.1 Å². The van der Waals surface area contributed by atoms with Crippen molar-refractivity contribution < 1.29 is 93.2 Å². The number of cyclic esters (lactones) is 1. The number of rotatable bonds is 6. The lowest BCUT2D eigenvalue weighted by molar-refractivity contribution is -0.304. The van der Waals surface area contributed by atoms with Gasteiger partial charge in [-0.05, 0) is 26.2 Å². The predicted molar refractivity (Wildman–Crippen MR) is 247 cm³/mol. The zero-order valence-corrected chi connectivity index (χ0v) is 39.3. The molecule has 0 radical (unpaired) electrons. The highest BCUT2D eigenvalue weighted by atomic mass is 19.3. The van der Waals surface area contributed by atoms with Gasteiger partial charge in [0, 0.05) is 38.0 Å². The predicted octanol–water partition coefficient (Wildman–Crippen LogP) is -0.771. The molecule has 2 bridgehead atoms. The Hall–Kier alpha value is -4.11. The highest BCUT2D eigenvalue weighted by Gasteiger charge is 2.51. The van der Waals surface area contributed by atoms with E-state index in [0.29, 0.717) is 0 Å². The van der Waals surface area contributed by atoms with Crippen LogP contribution in [0.3, 0.4) is 0 Å². The van der Waals surface area contributed by atoms with Gasteiger partial charge in [0.05, 0.1) is 92.6 Å². The smallest absolute Gasteiger partial charge is 0.341 e. The van der Waals surface area contributed by atoms with Gasteiger partial charge in [-0.1, -0.05) is 92.0 Å². The monoisotopic (exact) mass is 1000 g/mol. The molecule has 7 unspecified atom stereocenters. The first-order valence-electron chi connectivity index (χ1n) is 23.3. The molecule has 2 saturated heterocycles. The Bertz CT molecular complexity index is 1850. The van der Waals surface area contributed by atoms with E-state index in [1.165, 1.54) is 12.2 Å². The fourth-order valence-electron chi connectivity index (χ4n) is 7.91. The first-order chi connectivity index (χ1) is 32.9. The molecule has 22 heteroatoms. The van der Waals surface area contributed by atoms with Crippen LogP contribution >= 0.6 is 0 Å². The summed E-state index contributed by atoms with van der Waals surface area (Å²) in [5.41, 5.74) is 10.7. The third-order valence-corrected chi connectivity index (χ3v) is 11.9. The van der Waals surface area contributed by atoms with Crippen LogP contribution in [0.1, 0.15) is 71.6 Å². The number of allylic oxidation sites excluding steroid dienone is 12. The number of aliphatic hydroxyl groups is 10. The summed E-state index contributed by atoms with van der Waals surface area (Å²) < 4.78 is 51.3. The van der Waals surface area contributed by atoms with Crippen LogP contribution in [0.25, 0.3) is 0 Å². The summed E-state index contributed by atoms with van der Waals surface area (Å²) in [6.07, 6.45) is 1.93. The second-order valence-corrected chi connectivity index (χ2v) is 18.1. The normalized spacial score (nSPS) is 41.1. The van der Waals surface area contributed by atoms with E-state index in [0.717, 1.165) is 0 Å². The van der Waals surface area contributed by atoms with Gasteiger partial charge in [-0.25, -0.2) is 0 Å². The number of hydrogen-bond donors (Lipinski definition) is 13. The third-order valence-electron chi connectivity index (χ3n) is 11.9. The van der Waals surface area contributed by atoms with Crippen LogP contribution in [0.2, 0.25) is 0 Å². The molecule has 3 aliphatic heterocycles. The topological polar surface area (TPSA) is 354 Å². The molecule has 3 heterocycles. The molecule has 0 spiro atoms. The second kappa shape index (κ2) is 29.4. The number of nitrogens with one attached hydrogen (secondary N) is 1. The Morgan fingerprint density at radius 1 is 0.743 bits per heavy atom. The molecule has 0 aromatic heterocycles. The van der Waals surface area contributed by atoms with Crippen LogP contribution < -0.4 is 16.8 Å². The fraction of sp³-hybridized carbons (Fsp3) is 0.646. The molecule has 0 aromatic rings. The summed E-state index contributed by atoms with van der Waals surface area (Å²) >= 11 is 0. The van der Waals surface area contributed by atoms with Gasteiger partial charge in [-0.2, -0.15) is 8.78 Å². The largest absolute Gasteiger partial charge is 0.462 e. The van der Waals surface area contributed by atoms with Gasteiger partial charge in [-0.15, -0.1) is 0 Å². The van der Waals surface area contributed by atoms with Crippen LogP contribution in [0.5, 0.6) is 0 Å². The van der Waals surface area contributed by atoms with E-state index in [1.54, 1.807) is 86.8 Å². The second-order valence-electron chi connectivity index (χ2n) is 18.1. The Kier molecular flexibility index (Phi) is 25.3. The average molecular weight is 1000 g/mol. The summed E-state index contributed by atoms with van der Waals surface area (Å²) in [6, 6.07) is -1.21. The van der Waals surface area contributed by atoms with Gasteiger partial charge in [0.15, 0.2) is 12.1 Å². The number of fused-ring (bicyclic) bond motifs is 2. The highest BCUT2D eigenvalue weighted by Crippen LogP contribution is 2.38. The van der Waals surface area contributed by atoms with Crippen LogP contribution in [0, 0.1) is 11.8 Å². The zero-order valence-electron chi connectivity index (χ0n) is 39.3. The molecule has 0 aromatic carbocycles. The van der Waals surface area contributed by atoms with E-state index in [1.807, 2.05) is 5.32 Å². The summed E-state index contributed by atoms with van der Waals surface area (Å²) in [5, 5.41) is 110. The maximum atomic E-state index is 14.2. The van der Waals surface area contributed by atoms with Crippen LogP contribution in [0.4, 0.5) is 8.78 Å². The Labute approximate surface area is 405 Å². The number of carbonyl (C=O) groups is 3. The number of carbonyl (C=O) groups excluding carboxylic acids is 3. The summed E-state index contributed by atoms with van der Waals surface area (Å²) in [4.78, 5) is 37.4. The molecule has 17 atom stereocenters. The average Bonchev–Trinajstić information content (AvgIpc) is 3.26. The molecule has 2 fully saturated rings.